The van der Waals surface area contributed by atoms with Crippen LogP contribution in [-0.2, 0) is 20.7 Å². The molecule has 0 fully saturated rings. The third-order valence-electron chi connectivity index (χ3n) is 2.78. The molecule has 0 radical (unpaired) electrons. The Bertz CT molecular complexity index is 459. The van der Waals surface area contributed by atoms with Crippen LogP contribution in [0.3, 0.4) is 0 Å². The maximum absolute atomic E-state index is 11.8. The highest BCUT2D eigenvalue weighted by atomic mass is 16.5. The molecule has 1 aromatic carbocycles. The van der Waals surface area contributed by atoms with E-state index in [0.717, 1.165) is 6.42 Å². The molecular formula is C15H22N2O4. The monoisotopic (exact) mass is 294 g/mol. The SMILES string of the molecule is CCOCC(=O)NNC(=O)C(C)Oc1ccc(CC)cc1. The second-order valence-corrected chi connectivity index (χ2v) is 4.43. The van der Waals surface area contributed by atoms with Gasteiger partial charge in [0.05, 0.1) is 0 Å². The van der Waals surface area contributed by atoms with E-state index in [4.69, 9.17) is 9.47 Å². The molecule has 6 heteroatoms. The molecule has 0 aliphatic carbocycles. The van der Waals surface area contributed by atoms with Crippen LogP contribution in [0.2, 0.25) is 0 Å². The van der Waals surface area contributed by atoms with Gasteiger partial charge < -0.3 is 9.47 Å². The van der Waals surface area contributed by atoms with Crippen LogP contribution in [0, 0.1) is 0 Å². The molecule has 21 heavy (non-hydrogen) atoms. The number of hydrogen-bond donors (Lipinski definition) is 2. The van der Waals surface area contributed by atoms with Gasteiger partial charge in [0.1, 0.15) is 12.4 Å². The summed E-state index contributed by atoms with van der Waals surface area (Å²) in [4.78, 5) is 23.0. The van der Waals surface area contributed by atoms with Crippen LogP contribution < -0.4 is 15.6 Å². The van der Waals surface area contributed by atoms with Crippen LogP contribution >= 0.6 is 0 Å². The van der Waals surface area contributed by atoms with Gasteiger partial charge in [-0.25, -0.2) is 0 Å². The molecule has 0 aromatic heterocycles. The minimum Gasteiger partial charge on any atom is -0.481 e. The lowest BCUT2D eigenvalue weighted by atomic mass is 10.2. The number of amides is 2. The Morgan fingerprint density at radius 3 is 2.38 bits per heavy atom. The zero-order valence-corrected chi connectivity index (χ0v) is 12.6. The molecule has 2 amide bonds. The first-order chi connectivity index (χ1) is 10.1. The van der Waals surface area contributed by atoms with Crippen LogP contribution in [0.25, 0.3) is 0 Å². The average Bonchev–Trinajstić information content (AvgIpc) is 2.51. The second kappa shape index (κ2) is 8.97. The smallest absolute Gasteiger partial charge is 0.279 e. The summed E-state index contributed by atoms with van der Waals surface area (Å²) in [6, 6.07) is 7.53. The van der Waals surface area contributed by atoms with Crippen molar-refractivity contribution in [1.29, 1.82) is 0 Å². The highest BCUT2D eigenvalue weighted by Gasteiger charge is 2.15. The lowest BCUT2D eigenvalue weighted by Crippen LogP contribution is -2.48. The van der Waals surface area contributed by atoms with E-state index in [1.165, 1.54) is 5.56 Å². The summed E-state index contributed by atoms with van der Waals surface area (Å²) in [5.74, 6) is -0.236. The highest BCUT2D eigenvalue weighted by Crippen LogP contribution is 2.14. The summed E-state index contributed by atoms with van der Waals surface area (Å²) in [5, 5.41) is 0. The molecular weight excluding hydrogens is 272 g/mol. The number of hydrazine groups is 1. The topological polar surface area (TPSA) is 76.7 Å². The van der Waals surface area contributed by atoms with Gasteiger partial charge in [0.15, 0.2) is 6.10 Å². The van der Waals surface area contributed by atoms with Gasteiger partial charge in [-0.2, -0.15) is 0 Å². The average molecular weight is 294 g/mol. The molecule has 1 unspecified atom stereocenters. The highest BCUT2D eigenvalue weighted by molar-refractivity contribution is 5.85. The molecule has 1 rings (SSSR count). The number of aryl methyl sites for hydroxylation is 1. The first-order valence-electron chi connectivity index (χ1n) is 6.98. The summed E-state index contributed by atoms with van der Waals surface area (Å²) in [6.45, 7) is 5.80. The van der Waals surface area contributed by atoms with Gasteiger partial charge in [0, 0.05) is 6.61 Å². The largest absolute Gasteiger partial charge is 0.481 e. The first-order valence-corrected chi connectivity index (χ1v) is 6.98. The minimum absolute atomic E-state index is 0.0928. The Kier molecular flexibility index (Phi) is 7.25. The van der Waals surface area contributed by atoms with E-state index >= 15 is 0 Å². The molecule has 2 N–H and O–H groups in total. The summed E-state index contributed by atoms with van der Waals surface area (Å²) in [7, 11) is 0. The molecule has 6 nitrogen and oxygen atoms in total. The number of carbonyl (C=O) groups is 2. The van der Waals surface area contributed by atoms with Crippen molar-refractivity contribution in [2.24, 2.45) is 0 Å². The minimum atomic E-state index is -0.718. The standard InChI is InChI=1S/C15H22N2O4/c1-4-12-6-8-13(9-7-12)21-11(3)15(19)17-16-14(18)10-20-5-2/h6-9,11H,4-5,10H2,1-3H3,(H,16,18)(H,17,19). The second-order valence-electron chi connectivity index (χ2n) is 4.43. The van der Waals surface area contributed by atoms with Gasteiger partial charge in [-0.05, 0) is 38.0 Å². The molecule has 0 heterocycles. The fourth-order valence-corrected chi connectivity index (χ4v) is 1.53. The zero-order chi connectivity index (χ0) is 15.7. The quantitative estimate of drug-likeness (QED) is 0.741. The fraction of sp³-hybridized carbons (Fsp3) is 0.467. The molecule has 0 aliphatic heterocycles. The van der Waals surface area contributed by atoms with E-state index in [0.29, 0.717) is 12.4 Å². The summed E-state index contributed by atoms with van der Waals surface area (Å²) >= 11 is 0. The van der Waals surface area contributed by atoms with Crippen LogP contribution in [0.4, 0.5) is 0 Å². The number of hydrogen-bond acceptors (Lipinski definition) is 4. The third-order valence-corrected chi connectivity index (χ3v) is 2.78. The van der Waals surface area contributed by atoms with Crippen molar-refractivity contribution in [3.05, 3.63) is 29.8 Å². The van der Waals surface area contributed by atoms with E-state index in [-0.39, 0.29) is 6.61 Å². The van der Waals surface area contributed by atoms with Crippen LogP contribution in [-0.4, -0.2) is 31.1 Å². The Morgan fingerprint density at radius 1 is 1.14 bits per heavy atom. The van der Waals surface area contributed by atoms with Crippen LogP contribution in [0.1, 0.15) is 26.3 Å². The van der Waals surface area contributed by atoms with E-state index in [1.54, 1.807) is 13.8 Å². The molecule has 0 spiro atoms. The number of rotatable bonds is 7. The predicted molar refractivity (Wildman–Crippen MR) is 78.7 cm³/mol. The first kappa shape index (κ1) is 17.0. The summed E-state index contributed by atoms with van der Waals surface area (Å²) < 4.78 is 10.4. The number of benzene rings is 1. The van der Waals surface area contributed by atoms with Crippen LogP contribution in [0.15, 0.2) is 24.3 Å². The van der Waals surface area contributed by atoms with Gasteiger partial charge in [-0.3, -0.25) is 20.4 Å². The Hall–Kier alpha value is -2.08. The predicted octanol–water partition coefficient (Wildman–Crippen LogP) is 1.20. The van der Waals surface area contributed by atoms with Crippen molar-refractivity contribution in [2.45, 2.75) is 33.3 Å². The Labute approximate surface area is 124 Å². The molecule has 116 valence electrons. The lowest BCUT2D eigenvalue weighted by Gasteiger charge is -2.15. The van der Waals surface area contributed by atoms with Gasteiger partial charge in [0.25, 0.3) is 11.8 Å². The fourth-order valence-electron chi connectivity index (χ4n) is 1.53. The van der Waals surface area contributed by atoms with Crippen molar-refractivity contribution in [3.63, 3.8) is 0 Å². The summed E-state index contributed by atoms with van der Waals surface area (Å²) in [5.41, 5.74) is 5.75. The number of nitrogens with one attached hydrogen (secondary N) is 2. The molecule has 0 saturated carbocycles. The molecule has 0 bridgehead atoms. The molecule has 1 atom stereocenters. The van der Waals surface area contributed by atoms with Crippen molar-refractivity contribution in [3.8, 4) is 5.75 Å². The van der Waals surface area contributed by atoms with E-state index in [9.17, 15) is 9.59 Å². The lowest BCUT2D eigenvalue weighted by molar-refractivity contribution is -0.134. The number of carbonyl (C=O) groups excluding carboxylic acids is 2. The van der Waals surface area contributed by atoms with Gasteiger partial charge >= 0.3 is 0 Å². The Morgan fingerprint density at radius 2 is 1.81 bits per heavy atom. The van der Waals surface area contributed by atoms with Crippen LogP contribution in [0.5, 0.6) is 5.75 Å². The normalized spacial score (nSPS) is 11.6. The molecule has 0 saturated heterocycles. The molecule has 1 aromatic rings. The zero-order valence-electron chi connectivity index (χ0n) is 12.6. The van der Waals surface area contributed by atoms with Crippen molar-refractivity contribution < 1.29 is 19.1 Å². The summed E-state index contributed by atoms with van der Waals surface area (Å²) in [6.07, 6.45) is 0.229. The van der Waals surface area contributed by atoms with Crippen molar-refractivity contribution in [1.82, 2.24) is 10.9 Å². The maximum Gasteiger partial charge on any atom is 0.279 e. The maximum atomic E-state index is 11.8. The van der Waals surface area contributed by atoms with E-state index in [2.05, 4.69) is 17.8 Å². The van der Waals surface area contributed by atoms with Gasteiger partial charge in [0.2, 0.25) is 0 Å². The van der Waals surface area contributed by atoms with Gasteiger partial charge in [-0.1, -0.05) is 19.1 Å². The Balaban J connectivity index is 2.37. The van der Waals surface area contributed by atoms with Gasteiger partial charge in [-0.15, -0.1) is 0 Å². The van der Waals surface area contributed by atoms with Crippen molar-refractivity contribution in [2.75, 3.05) is 13.2 Å². The van der Waals surface area contributed by atoms with E-state index < -0.39 is 17.9 Å². The number of ether oxygens (including phenoxy) is 2. The van der Waals surface area contributed by atoms with E-state index in [1.807, 2.05) is 24.3 Å². The molecule has 0 aliphatic rings. The van der Waals surface area contributed by atoms with Crippen molar-refractivity contribution >= 4 is 11.8 Å². The third kappa shape index (κ3) is 6.27.